The lowest BCUT2D eigenvalue weighted by Gasteiger charge is -2.19. The van der Waals surface area contributed by atoms with Crippen molar-refractivity contribution in [3.05, 3.63) is 0 Å². The third-order valence-electron chi connectivity index (χ3n) is 7.21. The summed E-state index contributed by atoms with van der Waals surface area (Å²) in [6.45, 7) is 3.33. The molecule has 0 aromatic carbocycles. The molecular formula is C32H64NO8P. The van der Waals surface area contributed by atoms with Crippen LogP contribution >= 0.6 is 7.82 Å². The molecule has 2 atom stereocenters. The number of phosphoric ester groups is 1. The molecule has 0 saturated heterocycles. The number of carbonyl (C=O) groups is 2. The first-order valence-electron chi connectivity index (χ1n) is 17.0. The monoisotopic (exact) mass is 621 g/mol. The average molecular weight is 622 g/mol. The summed E-state index contributed by atoms with van der Waals surface area (Å²) < 4.78 is 31.9. The van der Waals surface area contributed by atoms with Gasteiger partial charge in [-0.1, -0.05) is 136 Å². The zero-order valence-corrected chi connectivity index (χ0v) is 27.9. The molecule has 0 saturated carbocycles. The van der Waals surface area contributed by atoms with Crippen LogP contribution in [-0.4, -0.2) is 49.3 Å². The third kappa shape index (κ3) is 29.1. The van der Waals surface area contributed by atoms with Crippen molar-refractivity contribution in [2.45, 2.75) is 168 Å². The van der Waals surface area contributed by atoms with Gasteiger partial charge in [0.25, 0.3) is 0 Å². The number of unbranched alkanes of at least 4 members (excludes halogenated alkanes) is 19. The first-order valence-corrected chi connectivity index (χ1v) is 18.5. The number of nitrogens with two attached hydrogens (primary N) is 1. The van der Waals surface area contributed by atoms with Crippen LogP contribution in [0.25, 0.3) is 0 Å². The van der Waals surface area contributed by atoms with Gasteiger partial charge in [0.15, 0.2) is 6.10 Å². The summed E-state index contributed by atoms with van der Waals surface area (Å²) in [5, 5.41) is 0. The average Bonchev–Trinajstić information content (AvgIpc) is 2.96. The fourth-order valence-electron chi connectivity index (χ4n) is 4.73. The van der Waals surface area contributed by atoms with Crippen molar-refractivity contribution in [3.63, 3.8) is 0 Å². The molecule has 9 nitrogen and oxygen atoms in total. The SMILES string of the molecule is CCCCCCCCCCCCCCCCCCCCCCC(=O)OC[C@H](COP(=O)(O)OCCN)OC(=O)CCC. The minimum atomic E-state index is -4.33. The van der Waals surface area contributed by atoms with Crippen LogP contribution in [0.5, 0.6) is 0 Å². The molecule has 42 heavy (non-hydrogen) atoms. The molecule has 0 aliphatic rings. The molecule has 0 aliphatic carbocycles. The van der Waals surface area contributed by atoms with E-state index >= 15 is 0 Å². The number of ether oxygens (including phenoxy) is 2. The van der Waals surface area contributed by atoms with Gasteiger partial charge in [0.2, 0.25) is 0 Å². The van der Waals surface area contributed by atoms with E-state index in [-0.39, 0.29) is 38.6 Å². The first-order chi connectivity index (χ1) is 20.3. The Morgan fingerprint density at radius 1 is 0.619 bits per heavy atom. The zero-order valence-electron chi connectivity index (χ0n) is 27.0. The minimum absolute atomic E-state index is 0.0555. The number of hydrogen-bond acceptors (Lipinski definition) is 8. The quantitative estimate of drug-likeness (QED) is 0.0430. The molecular weight excluding hydrogens is 557 g/mol. The maximum atomic E-state index is 12.1. The Morgan fingerprint density at radius 3 is 1.50 bits per heavy atom. The Kier molecular flexibility index (Phi) is 29.3. The van der Waals surface area contributed by atoms with Crippen molar-refractivity contribution < 1.29 is 37.6 Å². The normalized spacial score (nSPS) is 13.5. The highest BCUT2D eigenvalue weighted by Gasteiger charge is 2.25. The van der Waals surface area contributed by atoms with Crippen molar-refractivity contribution in [1.82, 2.24) is 0 Å². The van der Waals surface area contributed by atoms with E-state index < -0.39 is 26.5 Å². The number of rotatable bonds is 32. The number of phosphoric acid groups is 1. The van der Waals surface area contributed by atoms with Crippen molar-refractivity contribution in [3.8, 4) is 0 Å². The Labute approximate surface area is 257 Å². The van der Waals surface area contributed by atoms with Gasteiger partial charge in [0, 0.05) is 19.4 Å². The van der Waals surface area contributed by atoms with Crippen molar-refractivity contribution >= 4 is 19.8 Å². The predicted molar refractivity (Wildman–Crippen MR) is 169 cm³/mol. The van der Waals surface area contributed by atoms with E-state index in [2.05, 4.69) is 11.4 Å². The molecule has 0 spiro atoms. The minimum Gasteiger partial charge on any atom is -0.462 e. The van der Waals surface area contributed by atoms with Gasteiger partial charge in [-0.15, -0.1) is 0 Å². The Hall–Kier alpha value is -0.990. The third-order valence-corrected chi connectivity index (χ3v) is 8.20. The molecule has 1 unspecified atom stereocenters. The largest absolute Gasteiger partial charge is 0.472 e. The van der Waals surface area contributed by atoms with Gasteiger partial charge in [-0.3, -0.25) is 18.6 Å². The molecule has 0 aromatic heterocycles. The van der Waals surface area contributed by atoms with Gasteiger partial charge < -0.3 is 20.1 Å². The molecule has 0 bridgehead atoms. The van der Waals surface area contributed by atoms with E-state index in [4.69, 9.17) is 19.7 Å². The van der Waals surface area contributed by atoms with Crippen molar-refractivity contribution in [1.29, 1.82) is 0 Å². The van der Waals surface area contributed by atoms with E-state index in [0.717, 1.165) is 19.3 Å². The van der Waals surface area contributed by atoms with Gasteiger partial charge >= 0.3 is 19.8 Å². The number of carbonyl (C=O) groups excluding carboxylic acids is 2. The van der Waals surface area contributed by atoms with Crippen LogP contribution in [0.1, 0.15) is 162 Å². The molecule has 0 heterocycles. The van der Waals surface area contributed by atoms with E-state index in [1.54, 1.807) is 0 Å². The second kappa shape index (κ2) is 30.1. The Balaban J connectivity index is 3.73. The lowest BCUT2D eigenvalue weighted by Crippen LogP contribution is -2.29. The summed E-state index contributed by atoms with van der Waals surface area (Å²) in [6, 6.07) is 0. The van der Waals surface area contributed by atoms with Crippen LogP contribution in [0.4, 0.5) is 0 Å². The summed E-state index contributed by atoms with van der Waals surface area (Å²) in [6.07, 6.45) is 26.1. The molecule has 0 fully saturated rings. The topological polar surface area (TPSA) is 134 Å². The maximum absolute atomic E-state index is 12.1. The van der Waals surface area contributed by atoms with E-state index in [1.807, 2.05) is 6.92 Å². The maximum Gasteiger partial charge on any atom is 0.472 e. The van der Waals surface area contributed by atoms with Gasteiger partial charge in [-0.05, 0) is 12.8 Å². The highest BCUT2D eigenvalue weighted by Crippen LogP contribution is 2.43. The van der Waals surface area contributed by atoms with E-state index in [0.29, 0.717) is 6.42 Å². The second-order valence-corrected chi connectivity index (χ2v) is 12.9. The van der Waals surface area contributed by atoms with Gasteiger partial charge in [0.1, 0.15) is 6.61 Å². The van der Waals surface area contributed by atoms with Gasteiger partial charge in [-0.25, -0.2) is 4.57 Å². The van der Waals surface area contributed by atoms with E-state index in [1.165, 1.54) is 109 Å². The van der Waals surface area contributed by atoms with Crippen molar-refractivity contribution in [2.75, 3.05) is 26.4 Å². The fourth-order valence-corrected chi connectivity index (χ4v) is 5.50. The molecule has 0 amide bonds. The van der Waals surface area contributed by atoms with Crippen LogP contribution < -0.4 is 5.73 Å². The Bertz CT molecular complexity index is 679. The first kappa shape index (κ1) is 41.0. The molecule has 250 valence electrons. The fraction of sp³-hybridized carbons (Fsp3) is 0.938. The molecule has 0 radical (unpaired) electrons. The Morgan fingerprint density at radius 2 is 1.07 bits per heavy atom. The highest BCUT2D eigenvalue weighted by atomic mass is 31.2. The lowest BCUT2D eigenvalue weighted by molar-refractivity contribution is -0.161. The van der Waals surface area contributed by atoms with Gasteiger partial charge in [0.05, 0.1) is 13.2 Å². The van der Waals surface area contributed by atoms with Gasteiger partial charge in [-0.2, -0.15) is 0 Å². The smallest absolute Gasteiger partial charge is 0.462 e. The van der Waals surface area contributed by atoms with Crippen LogP contribution in [-0.2, 0) is 32.7 Å². The number of esters is 2. The summed E-state index contributed by atoms with van der Waals surface area (Å²) in [5.41, 5.74) is 5.26. The van der Waals surface area contributed by atoms with Crippen LogP contribution in [0, 0.1) is 0 Å². The summed E-state index contributed by atoms with van der Waals surface area (Å²) in [5.74, 6) is -0.882. The zero-order chi connectivity index (χ0) is 31.2. The summed E-state index contributed by atoms with van der Waals surface area (Å²) in [4.78, 5) is 33.7. The van der Waals surface area contributed by atoms with Crippen LogP contribution in [0.2, 0.25) is 0 Å². The molecule has 0 aliphatic heterocycles. The molecule has 0 rings (SSSR count). The molecule has 0 aromatic rings. The van der Waals surface area contributed by atoms with Crippen LogP contribution in [0.3, 0.4) is 0 Å². The van der Waals surface area contributed by atoms with Crippen molar-refractivity contribution in [2.24, 2.45) is 5.73 Å². The van der Waals surface area contributed by atoms with Crippen LogP contribution in [0.15, 0.2) is 0 Å². The summed E-state index contributed by atoms with van der Waals surface area (Å²) in [7, 11) is -4.33. The predicted octanol–water partition coefficient (Wildman–Crippen LogP) is 8.55. The number of hydrogen-bond donors (Lipinski definition) is 2. The second-order valence-electron chi connectivity index (χ2n) is 11.4. The molecule has 3 N–H and O–H groups in total. The lowest BCUT2D eigenvalue weighted by atomic mass is 10.0. The highest BCUT2D eigenvalue weighted by molar-refractivity contribution is 7.47. The van der Waals surface area contributed by atoms with E-state index in [9.17, 15) is 19.0 Å². The molecule has 10 heteroatoms. The standard InChI is InChI=1S/C32H64NO8P/c1-3-5-6-7-8-9-10-11-12-13-14-15-16-17-18-19-20-21-22-23-25-31(34)38-28-30(41-32(35)24-4-2)29-40-42(36,37)39-27-26-33/h30H,3-29,33H2,1-2H3,(H,36,37)/t30-/m1/s1. The summed E-state index contributed by atoms with van der Waals surface area (Å²) >= 11 is 0.